The van der Waals surface area contributed by atoms with Crippen LogP contribution in [0, 0.1) is 0 Å². The van der Waals surface area contributed by atoms with Gasteiger partial charge in [0.15, 0.2) is 0 Å². The highest BCUT2D eigenvalue weighted by molar-refractivity contribution is 7.15. The molecule has 1 aliphatic carbocycles. The summed E-state index contributed by atoms with van der Waals surface area (Å²) in [6.45, 7) is 1.16. The van der Waals surface area contributed by atoms with E-state index in [1.165, 1.54) is 17.4 Å². The van der Waals surface area contributed by atoms with Crippen LogP contribution in [0.1, 0.15) is 53.0 Å². The van der Waals surface area contributed by atoms with Gasteiger partial charge in [0.2, 0.25) is 5.91 Å². The molecule has 2 aliphatic rings. The monoisotopic (exact) mass is 573 g/mol. The van der Waals surface area contributed by atoms with E-state index in [9.17, 15) is 27.9 Å². The molecule has 1 aliphatic heterocycles. The minimum absolute atomic E-state index is 0.0835. The highest BCUT2D eigenvalue weighted by Gasteiger charge is 2.40. The number of likely N-dealkylation sites (tertiary alicyclic amines) is 1. The number of hydrogen-bond donors (Lipinski definition) is 3. The highest BCUT2D eigenvalue weighted by atomic mass is 32.1. The molecule has 0 radical (unpaired) electrons. The van der Waals surface area contributed by atoms with Gasteiger partial charge in [0.05, 0.1) is 17.0 Å². The zero-order chi connectivity index (χ0) is 28.3. The molecule has 2 aromatic heterocycles. The molecule has 8 nitrogen and oxygen atoms in total. The normalized spacial score (nSPS) is 23.6. The standard InChI is InChI=1S/C28H30F3N5O3S/c29-28(30,31)20-5-1-3-18(13-20)25(38)33-16-24(37)35-21-8-12-36(17-21)22-6-9-27(39,10-7-22)26-34-15-23(40-26)19-4-2-11-32-14-19/h1-5,11,13-15,21-22,39H,6-10,12,16-17H2,(H,33,38)(H,35,37). The van der Waals surface area contributed by atoms with Crippen molar-refractivity contribution in [1.29, 1.82) is 0 Å². The van der Waals surface area contributed by atoms with Gasteiger partial charge in [0, 0.05) is 54.9 Å². The Hall–Kier alpha value is -3.35. The van der Waals surface area contributed by atoms with Gasteiger partial charge in [-0.25, -0.2) is 4.98 Å². The second-order valence-corrected chi connectivity index (χ2v) is 11.4. The fourth-order valence-electron chi connectivity index (χ4n) is 5.41. The van der Waals surface area contributed by atoms with Crippen molar-refractivity contribution in [2.75, 3.05) is 19.6 Å². The summed E-state index contributed by atoms with van der Waals surface area (Å²) >= 11 is 1.50. The topological polar surface area (TPSA) is 107 Å². The first-order valence-electron chi connectivity index (χ1n) is 13.2. The molecule has 2 fully saturated rings. The number of rotatable bonds is 7. The Bertz CT molecular complexity index is 1340. The number of aromatic nitrogens is 2. The predicted octanol–water partition coefficient (Wildman–Crippen LogP) is 3.97. The maximum atomic E-state index is 12.9. The average Bonchev–Trinajstić information content (AvgIpc) is 3.63. The Morgan fingerprint density at radius 2 is 1.93 bits per heavy atom. The molecule has 0 spiro atoms. The molecule has 3 heterocycles. The number of nitrogens with one attached hydrogen (secondary N) is 2. The van der Waals surface area contributed by atoms with Crippen molar-refractivity contribution < 1.29 is 27.9 Å². The summed E-state index contributed by atoms with van der Waals surface area (Å²) in [5.41, 5.74) is -1.05. The van der Waals surface area contributed by atoms with Gasteiger partial charge in [-0.3, -0.25) is 19.5 Å². The van der Waals surface area contributed by atoms with Crippen LogP contribution in [0.25, 0.3) is 10.4 Å². The van der Waals surface area contributed by atoms with Crippen LogP contribution in [0.15, 0.2) is 55.0 Å². The van der Waals surface area contributed by atoms with Gasteiger partial charge in [0.25, 0.3) is 5.91 Å². The van der Waals surface area contributed by atoms with E-state index in [0.717, 1.165) is 59.5 Å². The van der Waals surface area contributed by atoms with Gasteiger partial charge in [-0.2, -0.15) is 13.2 Å². The lowest BCUT2D eigenvalue weighted by Gasteiger charge is -2.38. The summed E-state index contributed by atoms with van der Waals surface area (Å²) in [6.07, 6.45) is 4.33. The van der Waals surface area contributed by atoms with E-state index in [2.05, 4.69) is 25.5 Å². The highest BCUT2D eigenvalue weighted by Crippen LogP contribution is 2.42. The van der Waals surface area contributed by atoms with Crippen molar-refractivity contribution in [3.63, 3.8) is 0 Å². The number of thiazole rings is 1. The molecule has 1 saturated carbocycles. The average molecular weight is 574 g/mol. The third-order valence-corrected chi connectivity index (χ3v) is 8.83. The Morgan fingerprint density at radius 3 is 2.65 bits per heavy atom. The third-order valence-electron chi connectivity index (χ3n) is 7.59. The van der Waals surface area contributed by atoms with E-state index in [1.807, 2.05) is 12.1 Å². The minimum atomic E-state index is -4.55. The number of carbonyl (C=O) groups is 2. The van der Waals surface area contributed by atoms with E-state index in [4.69, 9.17) is 0 Å². The number of hydrogen-bond acceptors (Lipinski definition) is 7. The van der Waals surface area contributed by atoms with Crippen LogP contribution in [0.4, 0.5) is 13.2 Å². The molecule has 1 aromatic carbocycles. The summed E-state index contributed by atoms with van der Waals surface area (Å²) in [6, 6.07) is 8.14. The van der Waals surface area contributed by atoms with Gasteiger partial charge in [-0.05, 0) is 56.4 Å². The largest absolute Gasteiger partial charge is 0.416 e. The van der Waals surface area contributed by atoms with Crippen molar-refractivity contribution in [3.05, 3.63) is 71.1 Å². The van der Waals surface area contributed by atoms with Crippen LogP contribution < -0.4 is 10.6 Å². The quantitative estimate of drug-likeness (QED) is 0.395. The van der Waals surface area contributed by atoms with Crippen LogP contribution in [-0.2, 0) is 16.6 Å². The number of halogens is 3. The molecule has 1 atom stereocenters. The second kappa shape index (κ2) is 11.6. The molecule has 1 unspecified atom stereocenters. The molecule has 1 saturated heterocycles. The summed E-state index contributed by atoms with van der Waals surface area (Å²) in [4.78, 5) is 36.7. The summed E-state index contributed by atoms with van der Waals surface area (Å²) in [5.74, 6) is -1.13. The predicted molar refractivity (Wildman–Crippen MR) is 143 cm³/mol. The van der Waals surface area contributed by atoms with Crippen molar-refractivity contribution in [3.8, 4) is 10.4 Å². The Kier molecular flexibility index (Phi) is 8.20. The number of nitrogens with zero attached hydrogens (tertiary/aromatic N) is 3. The van der Waals surface area contributed by atoms with Crippen LogP contribution in [-0.4, -0.2) is 63.5 Å². The van der Waals surface area contributed by atoms with Crippen molar-refractivity contribution >= 4 is 23.2 Å². The molecule has 3 N–H and O–H groups in total. The SMILES string of the molecule is O=C(CNC(=O)c1cccc(C(F)(F)F)c1)NC1CCN(C2CCC(O)(c3ncc(-c4cccnc4)s3)CC2)C1. The maximum Gasteiger partial charge on any atom is 0.416 e. The summed E-state index contributed by atoms with van der Waals surface area (Å²) < 4.78 is 38.7. The lowest BCUT2D eigenvalue weighted by atomic mass is 9.82. The second-order valence-electron chi connectivity index (χ2n) is 10.3. The van der Waals surface area contributed by atoms with E-state index < -0.39 is 29.2 Å². The molecular weight excluding hydrogens is 543 g/mol. The Balaban J connectivity index is 1.07. The van der Waals surface area contributed by atoms with Gasteiger partial charge in [-0.1, -0.05) is 12.1 Å². The first-order valence-corrected chi connectivity index (χ1v) is 14.0. The summed E-state index contributed by atoms with van der Waals surface area (Å²) in [5, 5.41) is 17.4. The lowest BCUT2D eigenvalue weighted by molar-refractivity contribution is -0.137. The van der Waals surface area contributed by atoms with Crippen LogP contribution in [0.5, 0.6) is 0 Å². The number of amides is 2. The first-order chi connectivity index (χ1) is 19.1. The fourth-order valence-corrected chi connectivity index (χ4v) is 6.46. The molecular formula is C28H30F3N5O3S. The van der Waals surface area contributed by atoms with E-state index in [0.29, 0.717) is 25.4 Å². The zero-order valence-corrected chi connectivity index (χ0v) is 22.5. The van der Waals surface area contributed by atoms with Gasteiger partial charge < -0.3 is 15.7 Å². The molecule has 12 heteroatoms. The first kappa shape index (κ1) is 28.2. The van der Waals surface area contributed by atoms with Crippen molar-refractivity contribution in [2.24, 2.45) is 0 Å². The van der Waals surface area contributed by atoms with Crippen molar-refractivity contribution in [1.82, 2.24) is 25.5 Å². The number of carbonyl (C=O) groups excluding carboxylic acids is 2. The number of aliphatic hydroxyl groups is 1. The van der Waals surface area contributed by atoms with Gasteiger partial charge in [-0.15, -0.1) is 11.3 Å². The Morgan fingerprint density at radius 1 is 1.12 bits per heavy atom. The molecule has 2 amide bonds. The molecule has 3 aromatic rings. The minimum Gasteiger partial charge on any atom is -0.383 e. The number of pyridine rings is 1. The summed E-state index contributed by atoms with van der Waals surface area (Å²) in [7, 11) is 0. The fraction of sp³-hybridized carbons (Fsp3) is 0.429. The molecule has 0 bridgehead atoms. The Labute approximate surface area is 233 Å². The van der Waals surface area contributed by atoms with E-state index in [-0.39, 0.29) is 18.2 Å². The number of alkyl halides is 3. The third kappa shape index (κ3) is 6.51. The van der Waals surface area contributed by atoms with Crippen molar-refractivity contribution in [2.45, 2.75) is 56.0 Å². The smallest absolute Gasteiger partial charge is 0.383 e. The molecule has 212 valence electrons. The van der Waals surface area contributed by atoms with Crippen LogP contribution in [0.2, 0.25) is 0 Å². The van der Waals surface area contributed by atoms with Gasteiger partial charge >= 0.3 is 6.18 Å². The van der Waals surface area contributed by atoms with E-state index in [1.54, 1.807) is 18.6 Å². The van der Waals surface area contributed by atoms with Crippen LogP contribution in [0.3, 0.4) is 0 Å². The lowest BCUT2D eigenvalue weighted by Crippen LogP contribution is -2.45. The molecule has 5 rings (SSSR count). The van der Waals surface area contributed by atoms with Crippen LogP contribution >= 0.6 is 11.3 Å². The molecule has 40 heavy (non-hydrogen) atoms. The van der Waals surface area contributed by atoms with E-state index >= 15 is 0 Å². The number of benzene rings is 1. The zero-order valence-electron chi connectivity index (χ0n) is 21.7. The van der Waals surface area contributed by atoms with Gasteiger partial charge in [0.1, 0.15) is 10.6 Å². The maximum absolute atomic E-state index is 12.9.